The van der Waals surface area contributed by atoms with Gasteiger partial charge in [-0.15, -0.1) is 0 Å². The molecule has 1 aromatic carbocycles. The second-order valence-corrected chi connectivity index (χ2v) is 3.39. The van der Waals surface area contributed by atoms with Gasteiger partial charge in [-0.2, -0.15) is 0 Å². The molecule has 4 nitrogen and oxygen atoms in total. The molecule has 0 aliphatic heterocycles. The molecule has 1 aromatic rings. The van der Waals surface area contributed by atoms with Gasteiger partial charge in [0.2, 0.25) is 0 Å². The van der Waals surface area contributed by atoms with E-state index in [1.807, 2.05) is 6.92 Å². The number of hydrazine groups is 1. The molecular formula is C10H13ClN2O2. The van der Waals surface area contributed by atoms with Crippen LogP contribution in [0.25, 0.3) is 0 Å². The molecule has 0 heterocycles. The van der Waals surface area contributed by atoms with Gasteiger partial charge in [0.15, 0.2) is 0 Å². The fraction of sp³-hybridized carbons (Fsp3) is 0.300. The van der Waals surface area contributed by atoms with Crippen molar-refractivity contribution in [3.05, 3.63) is 28.3 Å². The van der Waals surface area contributed by atoms with Gasteiger partial charge in [-0.05, 0) is 24.1 Å². The van der Waals surface area contributed by atoms with Crippen LogP contribution in [0.5, 0.6) is 5.75 Å². The summed E-state index contributed by atoms with van der Waals surface area (Å²) in [6.07, 6.45) is 0.786. The number of carbonyl (C=O) groups is 1. The Balaban J connectivity index is 3.32. The lowest BCUT2D eigenvalue weighted by molar-refractivity contribution is 0.0950. The maximum Gasteiger partial charge on any atom is 0.269 e. The SMILES string of the molecule is CCc1cc(Cl)c(OC)c(C(=O)NN)c1. The Kier molecular flexibility index (Phi) is 3.94. The molecule has 3 N–H and O–H groups in total. The van der Waals surface area contributed by atoms with Crippen molar-refractivity contribution in [2.75, 3.05) is 7.11 Å². The minimum atomic E-state index is -0.413. The molecule has 0 saturated heterocycles. The lowest BCUT2D eigenvalue weighted by Gasteiger charge is -2.10. The quantitative estimate of drug-likeness (QED) is 0.468. The van der Waals surface area contributed by atoms with Gasteiger partial charge in [-0.25, -0.2) is 5.84 Å². The van der Waals surface area contributed by atoms with E-state index in [2.05, 4.69) is 5.43 Å². The molecule has 1 amide bonds. The zero-order chi connectivity index (χ0) is 11.4. The van der Waals surface area contributed by atoms with Crippen LogP contribution in [-0.2, 0) is 6.42 Å². The summed E-state index contributed by atoms with van der Waals surface area (Å²) in [7, 11) is 1.46. The first-order valence-corrected chi connectivity index (χ1v) is 4.89. The molecule has 0 radical (unpaired) electrons. The molecule has 0 fully saturated rings. The monoisotopic (exact) mass is 228 g/mol. The van der Waals surface area contributed by atoms with Gasteiger partial charge in [-0.1, -0.05) is 18.5 Å². The smallest absolute Gasteiger partial charge is 0.269 e. The van der Waals surface area contributed by atoms with Crippen LogP contribution in [0.2, 0.25) is 5.02 Å². The number of nitrogens with one attached hydrogen (secondary N) is 1. The molecule has 15 heavy (non-hydrogen) atoms. The number of carbonyl (C=O) groups excluding carboxylic acids is 1. The van der Waals surface area contributed by atoms with Crippen LogP contribution >= 0.6 is 11.6 Å². The van der Waals surface area contributed by atoms with Crippen LogP contribution in [0.4, 0.5) is 0 Å². The number of ether oxygens (including phenoxy) is 1. The fourth-order valence-electron chi connectivity index (χ4n) is 1.31. The van der Waals surface area contributed by atoms with E-state index in [4.69, 9.17) is 22.2 Å². The Labute approximate surface area is 93.3 Å². The van der Waals surface area contributed by atoms with Gasteiger partial charge in [-0.3, -0.25) is 10.2 Å². The van der Waals surface area contributed by atoms with Crippen molar-refractivity contribution in [1.29, 1.82) is 0 Å². The van der Waals surface area contributed by atoms with Crippen LogP contribution in [0, 0.1) is 0 Å². The van der Waals surface area contributed by atoms with E-state index >= 15 is 0 Å². The van der Waals surface area contributed by atoms with Gasteiger partial charge >= 0.3 is 0 Å². The van der Waals surface area contributed by atoms with E-state index in [1.54, 1.807) is 12.1 Å². The van der Waals surface area contributed by atoms with Gasteiger partial charge in [0.05, 0.1) is 17.7 Å². The Bertz CT molecular complexity index is 380. The molecule has 0 aliphatic rings. The van der Waals surface area contributed by atoms with Crippen molar-refractivity contribution < 1.29 is 9.53 Å². The first-order valence-electron chi connectivity index (χ1n) is 4.51. The van der Waals surface area contributed by atoms with Gasteiger partial charge in [0.25, 0.3) is 5.91 Å². The summed E-state index contributed by atoms with van der Waals surface area (Å²) in [5, 5.41) is 0.412. The molecule has 0 atom stereocenters. The molecule has 0 aromatic heterocycles. The number of amides is 1. The second kappa shape index (κ2) is 5.00. The number of aryl methyl sites for hydroxylation is 1. The Morgan fingerprint density at radius 1 is 1.60 bits per heavy atom. The number of halogens is 1. The normalized spacial score (nSPS) is 9.87. The summed E-state index contributed by atoms with van der Waals surface area (Å²) in [4.78, 5) is 11.4. The predicted molar refractivity (Wildman–Crippen MR) is 59.0 cm³/mol. The highest BCUT2D eigenvalue weighted by molar-refractivity contribution is 6.32. The molecule has 82 valence electrons. The van der Waals surface area contributed by atoms with E-state index in [0.717, 1.165) is 12.0 Å². The first-order chi connectivity index (χ1) is 7.13. The van der Waals surface area contributed by atoms with Crippen molar-refractivity contribution in [2.24, 2.45) is 5.84 Å². The van der Waals surface area contributed by atoms with E-state index in [-0.39, 0.29) is 0 Å². The molecule has 0 aliphatic carbocycles. The van der Waals surface area contributed by atoms with E-state index in [1.165, 1.54) is 7.11 Å². The van der Waals surface area contributed by atoms with Crippen LogP contribution < -0.4 is 16.0 Å². The second-order valence-electron chi connectivity index (χ2n) is 2.99. The molecule has 0 bridgehead atoms. The van der Waals surface area contributed by atoms with Crippen LogP contribution in [-0.4, -0.2) is 13.0 Å². The highest BCUT2D eigenvalue weighted by Gasteiger charge is 2.15. The summed E-state index contributed by atoms with van der Waals surface area (Å²) in [5.74, 6) is 5.00. The Hall–Kier alpha value is -1.26. The largest absolute Gasteiger partial charge is 0.494 e. The number of nitrogens with two attached hydrogens (primary N) is 1. The number of methoxy groups -OCH3 is 1. The number of rotatable bonds is 3. The van der Waals surface area contributed by atoms with Crippen molar-refractivity contribution in [2.45, 2.75) is 13.3 Å². The zero-order valence-corrected chi connectivity index (χ0v) is 9.39. The Morgan fingerprint density at radius 3 is 2.73 bits per heavy atom. The molecular weight excluding hydrogens is 216 g/mol. The van der Waals surface area contributed by atoms with Crippen molar-refractivity contribution in [1.82, 2.24) is 5.43 Å². The van der Waals surface area contributed by atoms with E-state index in [0.29, 0.717) is 16.3 Å². The third kappa shape index (κ3) is 2.40. The fourth-order valence-corrected chi connectivity index (χ4v) is 1.63. The zero-order valence-electron chi connectivity index (χ0n) is 8.63. The van der Waals surface area contributed by atoms with Gasteiger partial charge in [0, 0.05) is 0 Å². The third-order valence-electron chi connectivity index (χ3n) is 2.09. The van der Waals surface area contributed by atoms with E-state index < -0.39 is 5.91 Å². The average Bonchev–Trinajstić information content (AvgIpc) is 2.26. The molecule has 5 heteroatoms. The number of benzene rings is 1. The summed E-state index contributed by atoms with van der Waals surface area (Å²) >= 11 is 5.97. The first kappa shape index (κ1) is 11.8. The summed E-state index contributed by atoms with van der Waals surface area (Å²) in [5.41, 5.74) is 3.37. The van der Waals surface area contributed by atoms with Crippen LogP contribution in [0.3, 0.4) is 0 Å². The predicted octanol–water partition coefficient (Wildman–Crippen LogP) is 1.51. The van der Waals surface area contributed by atoms with Crippen LogP contribution in [0.15, 0.2) is 12.1 Å². The topological polar surface area (TPSA) is 64.3 Å². The molecule has 0 spiro atoms. The highest BCUT2D eigenvalue weighted by Crippen LogP contribution is 2.30. The van der Waals surface area contributed by atoms with Crippen molar-refractivity contribution in [3.8, 4) is 5.75 Å². The third-order valence-corrected chi connectivity index (χ3v) is 2.37. The minimum Gasteiger partial charge on any atom is -0.494 e. The van der Waals surface area contributed by atoms with Crippen molar-refractivity contribution >= 4 is 17.5 Å². The maximum atomic E-state index is 11.4. The molecule has 1 rings (SSSR count). The van der Waals surface area contributed by atoms with Gasteiger partial charge in [0.1, 0.15) is 5.75 Å². The minimum absolute atomic E-state index is 0.344. The van der Waals surface area contributed by atoms with Crippen LogP contribution in [0.1, 0.15) is 22.8 Å². The number of hydrogen-bond acceptors (Lipinski definition) is 3. The summed E-state index contributed by atoms with van der Waals surface area (Å²) < 4.78 is 5.05. The average molecular weight is 229 g/mol. The lowest BCUT2D eigenvalue weighted by atomic mass is 10.1. The summed E-state index contributed by atoms with van der Waals surface area (Å²) in [6, 6.07) is 3.49. The highest BCUT2D eigenvalue weighted by atomic mass is 35.5. The lowest BCUT2D eigenvalue weighted by Crippen LogP contribution is -2.30. The molecule has 0 saturated carbocycles. The van der Waals surface area contributed by atoms with E-state index in [9.17, 15) is 4.79 Å². The van der Waals surface area contributed by atoms with Crippen molar-refractivity contribution in [3.63, 3.8) is 0 Å². The number of nitrogen functional groups attached to an aromatic ring is 1. The Morgan fingerprint density at radius 2 is 2.27 bits per heavy atom. The summed E-state index contributed by atoms with van der Waals surface area (Å²) in [6.45, 7) is 1.97. The molecule has 0 unspecified atom stereocenters. The maximum absolute atomic E-state index is 11.4. The standard InChI is InChI=1S/C10H13ClN2O2/c1-3-6-4-7(10(14)13-12)9(15-2)8(11)5-6/h4-5H,3,12H2,1-2H3,(H,13,14). The van der Waals surface area contributed by atoms with Gasteiger partial charge < -0.3 is 4.74 Å². The number of hydrogen-bond donors (Lipinski definition) is 2.